The van der Waals surface area contributed by atoms with E-state index in [4.69, 9.17) is 20.8 Å². The Morgan fingerprint density at radius 1 is 1.16 bits per heavy atom. The number of furan rings is 1. The average molecular weight is 275 g/mol. The van der Waals surface area contributed by atoms with Gasteiger partial charge in [0.1, 0.15) is 23.2 Å². The third kappa shape index (κ3) is 2.04. The van der Waals surface area contributed by atoms with E-state index in [1.165, 1.54) is 6.33 Å². The molecule has 4 nitrogen and oxygen atoms in total. The van der Waals surface area contributed by atoms with Gasteiger partial charge in [-0.1, -0.05) is 23.7 Å². The van der Waals surface area contributed by atoms with Gasteiger partial charge in [-0.05, 0) is 26.0 Å². The number of ether oxygens (including phenoxy) is 1. The van der Waals surface area contributed by atoms with Gasteiger partial charge in [0.25, 0.3) is 0 Å². The number of hydrogen-bond donors (Lipinski definition) is 0. The number of aryl methyl sites for hydroxylation is 2. The van der Waals surface area contributed by atoms with Crippen LogP contribution in [-0.4, -0.2) is 9.97 Å². The first kappa shape index (κ1) is 12.0. The molecular formula is C14H11ClN2O2. The standard InChI is InChI=1S/C14H11ClN2O2/c1-8-9(2)18-13-12(8)14(17-7-16-13)19-11-6-4-3-5-10(11)15/h3-7H,1-2H3. The van der Waals surface area contributed by atoms with Gasteiger partial charge in [0, 0.05) is 5.56 Å². The molecule has 0 spiro atoms. The second-order valence-electron chi connectivity index (χ2n) is 4.17. The monoisotopic (exact) mass is 274 g/mol. The minimum Gasteiger partial charge on any atom is -0.443 e. The molecule has 0 unspecified atom stereocenters. The van der Waals surface area contributed by atoms with Gasteiger partial charge in [0.15, 0.2) is 0 Å². The van der Waals surface area contributed by atoms with Crippen molar-refractivity contribution in [1.82, 2.24) is 9.97 Å². The molecule has 0 radical (unpaired) electrons. The van der Waals surface area contributed by atoms with Crippen LogP contribution >= 0.6 is 11.6 Å². The summed E-state index contributed by atoms with van der Waals surface area (Å²) in [5.41, 5.74) is 1.49. The van der Waals surface area contributed by atoms with Gasteiger partial charge in [-0.15, -0.1) is 0 Å². The molecule has 0 saturated carbocycles. The second kappa shape index (κ2) is 4.55. The van der Waals surface area contributed by atoms with Crippen LogP contribution < -0.4 is 4.74 Å². The van der Waals surface area contributed by atoms with E-state index in [9.17, 15) is 0 Å². The van der Waals surface area contributed by atoms with E-state index < -0.39 is 0 Å². The molecule has 0 N–H and O–H groups in total. The van der Waals surface area contributed by atoms with Gasteiger partial charge in [0.2, 0.25) is 11.6 Å². The number of halogens is 1. The van der Waals surface area contributed by atoms with Crippen LogP contribution in [0.4, 0.5) is 0 Å². The quantitative estimate of drug-likeness (QED) is 0.699. The van der Waals surface area contributed by atoms with Gasteiger partial charge in [-0.3, -0.25) is 0 Å². The smallest absolute Gasteiger partial charge is 0.233 e. The van der Waals surface area contributed by atoms with Crippen molar-refractivity contribution in [3.63, 3.8) is 0 Å². The molecule has 0 bridgehead atoms. The molecule has 2 aromatic heterocycles. The van der Waals surface area contributed by atoms with E-state index in [1.807, 2.05) is 26.0 Å². The van der Waals surface area contributed by atoms with E-state index in [0.717, 1.165) is 16.7 Å². The third-order valence-electron chi connectivity index (χ3n) is 2.97. The Balaban J connectivity index is 2.13. The molecule has 0 aliphatic heterocycles. The molecule has 5 heteroatoms. The first-order chi connectivity index (χ1) is 9.16. The summed E-state index contributed by atoms with van der Waals surface area (Å²) in [5.74, 6) is 1.81. The molecule has 3 aromatic rings. The van der Waals surface area contributed by atoms with Crippen molar-refractivity contribution >= 4 is 22.7 Å². The highest BCUT2D eigenvalue weighted by Gasteiger charge is 2.15. The van der Waals surface area contributed by atoms with Gasteiger partial charge in [-0.25, -0.2) is 9.97 Å². The van der Waals surface area contributed by atoms with E-state index in [0.29, 0.717) is 22.4 Å². The van der Waals surface area contributed by atoms with Crippen LogP contribution in [0.1, 0.15) is 11.3 Å². The Labute approximate surface area is 115 Å². The van der Waals surface area contributed by atoms with Crippen LogP contribution in [-0.2, 0) is 0 Å². The average Bonchev–Trinajstić information content (AvgIpc) is 2.69. The van der Waals surface area contributed by atoms with Gasteiger partial charge < -0.3 is 9.15 Å². The van der Waals surface area contributed by atoms with Crippen molar-refractivity contribution < 1.29 is 9.15 Å². The highest BCUT2D eigenvalue weighted by molar-refractivity contribution is 6.32. The predicted molar refractivity (Wildman–Crippen MR) is 72.8 cm³/mol. The van der Waals surface area contributed by atoms with Crippen molar-refractivity contribution in [2.45, 2.75) is 13.8 Å². The Kier molecular flexibility index (Phi) is 2.87. The van der Waals surface area contributed by atoms with Crippen molar-refractivity contribution in [1.29, 1.82) is 0 Å². The molecule has 0 amide bonds. The van der Waals surface area contributed by atoms with Crippen molar-refractivity contribution in [2.24, 2.45) is 0 Å². The number of hydrogen-bond acceptors (Lipinski definition) is 4. The fraction of sp³-hybridized carbons (Fsp3) is 0.143. The maximum absolute atomic E-state index is 6.08. The summed E-state index contributed by atoms with van der Waals surface area (Å²) < 4.78 is 11.3. The Morgan fingerprint density at radius 2 is 1.95 bits per heavy atom. The Hall–Kier alpha value is -2.07. The Morgan fingerprint density at radius 3 is 2.74 bits per heavy atom. The van der Waals surface area contributed by atoms with E-state index in [1.54, 1.807) is 12.1 Å². The summed E-state index contributed by atoms with van der Waals surface area (Å²) in [5, 5.41) is 1.31. The maximum atomic E-state index is 6.08. The summed E-state index contributed by atoms with van der Waals surface area (Å²) in [6, 6.07) is 7.26. The molecule has 2 heterocycles. The number of para-hydroxylation sites is 1. The molecular weight excluding hydrogens is 264 g/mol. The topological polar surface area (TPSA) is 48.2 Å². The Bertz CT molecular complexity index is 752. The van der Waals surface area contributed by atoms with Crippen LogP contribution in [0, 0.1) is 13.8 Å². The summed E-state index contributed by atoms with van der Waals surface area (Å²) >= 11 is 6.08. The SMILES string of the molecule is Cc1oc2ncnc(Oc3ccccc3Cl)c2c1C. The minimum atomic E-state index is 0.451. The van der Waals surface area contributed by atoms with Crippen molar-refractivity contribution in [2.75, 3.05) is 0 Å². The molecule has 3 rings (SSSR count). The van der Waals surface area contributed by atoms with Crippen molar-refractivity contribution in [3.05, 3.63) is 46.9 Å². The first-order valence-corrected chi connectivity index (χ1v) is 6.17. The normalized spacial score (nSPS) is 10.9. The fourth-order valence-electron chi connectivity index (χ4n) is 1.86. The lowest BCUT2D eigenvalue weighted by atomic mass is 10.2. The molecule has 0 fully saturated rings. The third-order valence-corrected chi connectivity index (χ3v) is 3.29. The highest BCUT2D eigenvalue weighted by Crippen LogP contribution is 2.34. The van der Waals surface area contributed by atoms with E-state index in [-0.39, 0.29) is 0 Å². The van der Waals surface area contributed by atoms with Crippen LogP contribution in [0.3, 0.4) is 0 Å². The van der Waals surface area contributed by atoms with Gasteiger partial charge in [-0.2, -0.15) is 0 Å². The minimum absolute atomic E-state index is 0.451. The maximum Gasteiger partial charge on any atom is 0.233 e. The zero-order valence-corrected chi connectivity index (χ0v) is 11.2. The fourth-order valence-corrected chi connectivity index (χ4v) is 2.03. The number of aromatic nitrogens is 2. The number of fused-ring (bicyclic) bond motifs is 1. The van der Waals surface area contributed by atoms with E-state index in [2.05, 4.69) is 9.97 Å². The number of benzene rings is 1. The molecule has 0 atom stereocenters. The van der Waals surface area contributed by atoms with Crippen LogP contribution in [0.15, 0.2) is 35.0 Å². The summed E-state index contributed by atoms with van der Waals surface area (Å²) in [6.45, 7) is 3.83. The second-order valence-corrected chi connectivity index (χ2v) is 4.58. The van der Waals surface area contributed by atoms with Crippen LogP contribution in [0.2, 0.25) is 5.02 Å². The molecule has 19 heavy (non-hydrogen) atoms. The lowest BCUT2D eigenvalue weighted by Crippen LogP contribution is -1.91. The number of nitrogens with zero attached hydrogens (tertiary/aromatic N) is 2. The first-order valence-electron chi connectivity index (χ1n) is 5.80. The molecule has 0 saturated heterocycles. The van der Waals surface area contributed by atoms with E-state index >= 15 is 0 Å². The lowest BCUT2D eigenvalue weighted by molar-refractivity contribution is 0.467. The van der Waals surface area contributed by atoms with Gasteiger partial charge in [0.05, 0.1) is 5.02 Å². The summed E-state index contributed by atoms with van der Waals surface area (Å²) in [7, 11) is 0. The largest absolute Gasteiger partial charge is 0.443 e. The molecule has 96 valence electrons. The predicted octanol–water partition coefficient (Wildman–Crippen LogP) is 4.29. The van der Waals surface area contributed by atoms with Crippen molar-refractivity contribution in [3.8, 4) is 11.6 Å². The molecule has 0 aliphatic carbocycles. The summed E-state index contributed by atoms with van der Waals surface area (Å²) in [6.07, 6.45) is 1.41. The number of rotatable bonds is 2. The highest BCUT2D eigenvalue weighted by atomic mass is 35.5. The zero-order valence-electron chi connectivity index (χ0n) is 10.5. The van der Waals surface area contributed by atoms with Crippen LogP contribution in [0.25, 0.3) is 11.1 Å². The van der Waals surface area contributed by atoms with Gasteiger partial charge >= 0.3 is 0 Å². The molecule has 1 aromatic carbocycles. The van der Waals surface area contributed by atoms with Crippen LogP contribution in [0.5, 0.6) is 11.6 Å². The summed E-state index contributed by atoms with van der Waals surface area (Å²) in [4.78, 5) is 8.26. The molecule has 0 aliphatic rings. The lowest BCUT2D eigenvalue weighted by Gasteiger charge is -2.06. The zero-order chi connectivity index (χ0) is 13.4.